The first-order valence-corrected chi connectivity index (χ1v) is 9.28. The summed E-state index contributed by atoms with van der Waals surface area (Å²) >= 11 is 0. The molecule has 0 bridgehead atoms. The molecule has 2 aromatic rings. The van der Waals surface area contributed by atoms with Gasteiger partial charge in [0.15, 0.2) is 0 Å². The first-order chi connectivity index (χ1) is 13.0. The lowest BCUT2D eigenvalue weighted by Gasteiger charge is -2.11. The zero-order valence-corrected chi connectivity index (χ0v) is 17.2. The van der Waals surface area contributed by atoms with E-state index in [2.05, 4.69) is 19.4 Å². The second-order valence-corrected chi connectivity index (χ2v) is 4.68. The molecule has 0 spiro atoms. The van der Waals surface area contributed by atoms with Crippen LogP contribution in [0.3, 0.4) is 0 Å². The van der Waals surface area contributed by atoms with Crippen LogP contribution >= 0.6 is 0 Å². The van der Waals surface area contributed by atoms with Crippen LogP contribution in [0.15, 0.2) is 49.0 Å². The predicted molar refractivity (Wildman–Crippen MR) is 114 cm³/mol. The molecule has 0 nitrogen and oxygen atoms in total. The second kappa shape index (κ2) is 13.7. The van der Waals surface area contributed by atoms with Crippen molar-refractivity contribution < 1.29 is 13.2 Å². The fourth-order valence-corrected chi connectivity index (χ4v) is 2.50. The van der Waals surface area contributed by atoms with Crippen molar-refractivity contribution in [1.82, 2.24) is 0 Å². The molecule has 0 saturated carbocycles. The SMILES string of the molecule is C#C.C=C(c1ccc2c(c1)Cc1ccccc1-2)C(F)(F)F.CC.CC.CC. The van der Waals surface area contributed by atoms with Crippen LogP contribution in [0.2, 0.25) is 0 Å². The van der Waals surface area contributed by atoms with Crippen molar-refractivity contribution in [2.24, 2.45) is 0 Å². The third kappa shape index (κ3) is 6.98. The van der Waals surface area contributed by atoms with Gasteiger partial charge in [0.2, 0.25) is 0 Å². The Labute approximate surface area is 163 Å². The van der Waals surface area contributed by atoms with E-state index >= 15 is 0 Å². The van der Waals surface area contributed by atoms with E-state index in [0.29, 0.717) is 6.42 Å². The molecular formula is C24H31F3. The largest absolute Gasteiger partial charge is 0.416 e. The zero-order chi connectivity index (χ0) is 21.6. The molecule has 0 heterocycles. The van der Waals surface area contributed by atoms with Gasteiger partial charge in [-0.25, -0.2) is 0 Å². The van der Waals surface area contributed by atoms with Crippen LogP contribution in [0.25, 0.3) is 16.7 Å². The Hall–Kier alpha value is -2.47. The monoisotopic (exact) mass is 376 g/mol. The number of alkyl halides is 3. The Morgan fingerprint density at radius 3 is 1.81 bits per heavy atom. The first-order valence-electron chi connectivity index (χ1n) is 9.28. The van der Waals surface area contributed by atoms with Gasteiger partial charge >= 0.3 is 6.18 Å². The van der Waals surface area contributed by atoms with Gasteiger partial charge in [-0.2, -0.15) is 13.2 Å². The number of rotatable bonds is 1. The van der Waals surface area contributed by atoms with E-state index in [9.17, 15) is 13.2 Å². The van der Waals surface area contributed by atoms with E-state index < -0.39 is 11.7 Å². The number of fused-ring (bicyclic) bond motifs is 3. The van der Waals surface area contributed by atoms with Crippen LogP contribution in [-0.2, 0) is 6.42 Å². The molecule has 0 radical (unpaired) electrons. The second-order valence-electron chi connectivity index (χ2n) is 4.68. The summed E-state index contributed by atoms with van der Waals surface area (Å²) in [4.78, 5) is 0. The minimum atomic E-state index is -4.38. The Balaban J connectivity index is 0. The molecule has 0 unspecified atom stereocenters. The van der Waals surface area contributed by atoms with Gasteiger partial charge in [0, 0.05) is 0 Å². The Bertz CT molecular complexity index is 707. The topological polar surface area (TPSA) is 0 Å². The van der Waals surface area contributed by atoms with Crippen molar-refractivity contribution in [3.8, 4) is 24.0 Å². The number of hydrogen-bond donors (Lipinski definition) is 0. The standard InChI is InChI=1S/C16H11F3.3C2H6.C2H2/c1-10(16(17,18)19)11-6-7-15-13(8-11)9-12-4-2-3-5-14(12)15;4*1-2/h2-8H,1,9H2;3*1-2H3;1-2H. The van der Waals surface area contributed by atoms with Crippen molar-refractivity contribution in [2.75, 3.05) is 0 Å². The molecule has 0 atom stereocenters. The van der Waals surface area contributed by atoms with Crippen LogP contribution in [0.5, 0.6) is 0 Å². The van der Waals surface area contributed by atoms with Crippen LogP contribution < -0.4 is 0 Å². The van der Waals surface area contributed by atoms with Gasteiger partial charge in [0.1, 0.15) is 0 Å². The third-order valence-corrected chi connectivity index (χ3v) is 3.48. The van der Waals surface area contributed by atoms with Gasteiger partial charge in [-0.3, -0.25) is 0 Å². The number of terminal acetylenes is 1. The predicted octanol–water partition coefficient (Wildman–Crippen LogP) is 8.16. The normalized spacial score (nSPS) is 9.89. The van der Waals surface area contributed by atoms with Crippen LogP contribution in [0.1, 0.15) is 58.2 Å². The Morgan fingerprint density at radius 2 is 1.30 bits per heavy atom. The lowest BCUT2D eigenvalue weighted by atomic mass is 10.00. The highest BCUT2D eigenvalue weighted by Gasteiger charge is 2.33. The third-order valence-electron chi connectivity index (χ3n) is 3.48. The van der Waals surface area contributed by atoms with Crippen molar-refractivity contribution in [3.63, 3.8) is 0 Å². The number of benzene rings is 2. The first kappa shape index (κ1) is 26.8. The molecule has 3 rings (SSSR count). The summed E-state index contributed by atoms with van der Waals surface area (Å²) < 4.78 is 38.0. The lowest BCUT2D eigenvalue weighted by Crippen LogP contribution is -2.09. The molecule has 0 aliphatic heterocycles. The molecule has 3 heteroatoms. The molecule has 0 aromatic heterocycles. The average Bonchev–Trinajstić information content (AvgIpc) is 3.10. The number of allylic oxidation sites excluding steroid dienone is 1. The van der Waals surface area contributed by atoms with Crippen molar-refractivity contribution >= 4 is 5.57 Å². The van der Waals surface area contributed by atoms with Crippen molar-refractivity contribution in [1.29, 1.82) is 0 Å². The van der Waals surface area contributed by atoms with E-state index in [0.717, 1.165) is 22.3 Å². The lowest BCUT2D eigenvalue weighted by molar-refractivity contribution is -0.0686. The molecule has 2 aromatic carbocycles. The quantitative estimate of drug-likeness (QED) is 0.376. The van der Waals surface area contributed by atoms with E-state index in [1.807, 2.05) is 65.8 Å². The molecule has 1 aliphatic rings. The summed E-state index contributed by atoms with van der Waals surface area (Å²) in [6.07, 6.45) is 4.31. The average molecular weight is 377 g/mol. The van der Waals surface area contributed by atoms with Gasteiger partial charge in [0.25, 0.3) is 0 Å². The zero-order valence-electron chi connectivity index (χ0n) is 17.2. The fraction of sp³-hybridized carbons (Fsp3) is 0.333. The maximum absolute atomic E-state index is 12.7. The molecule has 1 aliphatic carbocycles. The van der Waals surface area contributed by atoms with Crippen molar-refractivity contribution in [3.05, 3.63) is 65.7 Å². The fourth-order valence-electron chi connectivity index (χ4n) is 2.50. The molecule has 0 N–H and O–H groups in total. The van der Waals surface area contributed by atoms with Crippen molar-refractivity contribution in [2.45, 2.75) is 54.1 Å². The molecule has 0 amide bonds. The summed E-state index contributed by atoms with van der Waals surface area (Å²) in [5, 5.41) is 0. The van der Waals surface area contributed by atoms with E-state index in [1.165, 1.54) is 6.07 Å². The van der Waals surface area contributed by atoms with Gasteiger partial charge in [-0.15, -0.1) is 12.8 Å². The summed E-state index contributed by atoms with van der Waals surface area (Å²) in [6, 6.07) is 12.7. The van der Waals surface area contributed by atoms with Gasteiger partial charge in [0.05, 0.1) is 5.57 Å². The smallest absolute Gasteiger partial charge is 0.166 e. The summed E-state index contributed by atoms with van der Waals surface area (Å²) in [5.74, 6) is 0. The van der Waals surface area contributed by atoms with Crippen LogP contribution in [-0.4, -0.2) is 6.18 Å². The minimum Gasteiger partial charge on any atom is -0.166 e. The summed E-state index contributed by atoms with van der Waals surface area (Å²) in [5.41, 5.74) is 3.60. The molecular weight excluding hydrogens is 345 g/mol. The van der Waals surface area contributed by atoms with Crippen LogP contribution in [0, 0.1) is 12.8 Å². The Morgan fingerprint density at radius 1 is 0.815 bits per heavy atom. The number of halogens is 3. The molecule has 27 heavy (non-hydrogen) atoms. The Kier molecular flexibility index (Phi) is 13.6. The van der Waals surface area contributed by atoms with Crippen LogP contribution in [0.4, 0.5) is 13.2 Å². The highest BCUT2D eigenvalue weighted by Crippen LogP contribution is 2.39. The van der Waals surface area contributed by atoms with Gasteiger partial charge in [-0.05, 0) is 34.2 Å². The summed E-state index contributed by atoms with van der Waals surface area (Å²) in [7, 11) is 0. The van der Waals surface area contributed by atoms with E-state index in [1.54, 1.807) is 12.1 Å². The minimum absolute atomic E-state index is 0.152. The molecule has 148 valence electrons. The highest BCUT2D eigenvalue weighted by molar-refractivity contribution is 5.80. The maximum atomic E-state index is 12.7. The molecule has 0 fully saturated rings. The van der Waals surface area contributed by atoms with Gasteiger partial charge < -0.3 is 0 Å². The summed E-state index contributed by atoms with van der Waals surface area (Å²) in [6.45, 7) is 15.1. The number of hydrogen-bond acceptors (Lipinski definition) is 0. The van der Waals surface area contributed by atoms with E-state index in [4.69, 9.17) is 0 Å². The van der Waals surface area contributed by atoms with Gasteiger partial charge in [-0.1, -0.05) is 90.6 Å². The highest BCUT2D eigenvalue weighted by atomic mass is 19.4. The maximum Gasteiger partial charge on any atom is 0.416 e. The molecule has 0 saturated heterocycles. The van der Waals surface area contributed by atoms with E-state index in [-0.39, 0.29) is 5.56 Å².